The number of hydrogen-bond donors (Lipinski definition) is 2. The Kier molecular flexibility index (Phi) is 6.04. The highest BCUT2D eigenvalue weighted by atomic mass is 35.5. The van der Waals surface area contributed by atoms with Gasteiger partial charge in [0, 0.05) is 25.7 Å². The molecule has 1 aliphatic rings. The van der Waals surface area contributed by atoms with Gasteiger partial charge >= 0.3 is 12.5 Å². The Morgan fingerprint density at radius 1 is 1.25 bits per heavy atom. The molecule has 0 unspecified atom stereocenters. The SMILES string of the molecule is Cl.FC(F)C(F)(F)Oc1cccc([C@H]2CNCCN2)c1. The highest BCUT2D eigenvalue weighted by Crippen LogP contribution is 2.29. The zero-order valence-corrected chi connectivity index (χ0v) is 11.2. The van der Waals surface area contributed by atoms with E-state index in [0.717, 1.165) is 18.7 Å². The Hall–Kier alpha value is -1.05. The largest absolute Gasteiger partial charge is 0.461 e. The van der Waals surface area contributed by atoms with Crippen LogP contribution in [0.15, 0.2) is 24.3 Å². The van der Waals surface area contributed by atoms with Crippen molar-refractivity contribution in [1.29, 1.82) is 0 Å². The van der Waals surface area contributed by atoms with Crippen molar-refractivity contribution in [2.24, 2.45) is 0 Å². The molecule has 20 heavy (non-hydrogen) atoms. The van der Waals surface area contributed by atoms with Crippen molar-refractivity contribution in [3.8, 4) is 5.75 Å². The molecule has 1 aromatic carbocycles. The van der Waals surface area contributed by atoms with Crippen molar-refractivity contribution in [2.45, 2.75) is 18.6 Å². The first-order valence-electron chi connectivity index (χ1n) is 5.88. The number of ether oxygens (including phenoxy) is 1. The summed E-state index contributed by atoms with van der Waals surface area (Å²) in [6.07, 6.45) is -8.33. The molecule has 0 radical (unpaired) electrons. The Balaban J connectivity index is 0.00000200. The Morgan fingerprint density at radius 3 is 2.60 bits per heavy atom. The smallest absolute Gasteiger partial charge is 0.428 e. The van der Waals surface area contributed by atoms with E-state index in [9.17, 15) is 17.6 Å². The van der Waals surface area contributed by atoms with Crippen LogP contribution in [0.5, 0.6) is 5.75 Å². The second kappa shape index (κ2) is 7.10. The van der Waals surface area contributed by atoms with Gasteiger partial charge in [0.25, 0.3) is 0 Å². The van der Waals surface area contributed by atoms with Gasteiger partial charge in [-0.2, -0.15) is 17.6 Å². The molecular weight excluding hydrogens is 300 g/mol. The van der Waals surface area contributed by atoms with Crippen molar-refractivity contribution >= 4 is 12.4 Å². The van der Waals surface area contributed by atoms with E-state index in [1.807, 2.05) is 0 Å². The maximum atomic E-state index is 12.8. The van der Waals surface area contributed by atoms with Crippen LogP contribution in [0.1, 0.15) is 11.6 Å². The number of alkyl halides is 4. The third-order valence-corrected chi connectivity index (χ3v) is 2.81. The molecule has 1 aliphatic heterocycles. The standard InChI is InChI=1S/C12H14F4N2O.ClH/c13-11(14)12(15,16)19-9-3-1-2-8(6-9)10-7-17-4-5-18-10;/h1-3,6,10-11,17-18H,4-5,7H2;1H/t10-;/m1./s1. The summed E-state index contributed by atoms with van der Waals surface area (Å²) in [6, 6.07) is 5.77. The molecule has 1 saturated heterocycles. The van der Waals surface area contributed by atoms with Gasteiger partial charge in [-0.25, -0.2) is 0 Å². The van der Waals surface area contributed by atoms with Gasteiger partial charge in [0.15, 0.2) is 0 Å². The third-order valence-electron chi connectivity index (χ3n) is 2.81. The van der Waals surface area contributed by atoms with Gasteiger partial charge in [0.2, 0.25) is 0 Å². The second-order valence-corrected chi connectivity index (χ2v) is 4.25. The summed E-state index contributed by atoms with van der Waals surface area (Å²) in [7, 11) is 0. The predicted octanol–water partition coefficient (Wildman–Crippen LogP) is 2.58. The van der Waals surface area contributed by atoms with Crippen molar-refractivity contribution < 1.29 is 22.3 Å². The van der Waals surface area contributed by atoms with E-state index in [2.05, 4.69) is 15.4 Å². The van der Waals surface area contributed by atoms with E-state index in [-0.39, 0.29) is 24.2 Å². The molecule has 0 aliphatic carbocycles. The van der Waals surface area contributed by atoms with Crippen LogP contribution >= 0.6 is 12.4 Å². The van der Waals surface area contributed by atoms with Crippen molar-refractivity contribution in [2.75, 3.05) is 19.6 Å². The fourth-order valence-corrected chi connectivity index (χ4v) is 1.89. The molecule has 1 atom stereocenters. The molecule has 114 valence electrons. The molecule has 0 bridgehead atoms. The molecule has 1 fully saturated rings. The lowest BCUT2D eigenvalue weighted by Gasteiger charge is -2.25. The van der Waals surface area contributed by atoms with Gasteiger partial charge in [-0.3, -0.25) is 0 Å². The number of nitrogens with one attached hydrogen (secondary N) is 2. The van der Waals surface area contributed by atoms with Gasteiger partial charge in [-0.05, 0) is 17.7 Å². The van der Waals surface area contributed by atoms with E-state index in [0.29, 0.717) is 6.54 Å². The summed E-state index contributed by atoms with van der Waals surface area (Å²) in [5.74, 6) is -0.268. The zero-order chi connectivity index (χ0) is 13.9. The minimum Gasteiger partial charge on any atom is -0.428 e. The first-order valence-corrected chi connectivity index (χ1v) is 5.88. The molecule has 1 heterocycles. The van der Waals surface area contributed by atoms with Gasteiger partial charge in [0.1, 0.15) is 5.75 Å². The molecule has 2 rings (SSSR count). The van der Waals surface area contributed by atoms with Crippen LogP contribution in [0.2, 0.25) is 0 Å². The minimum atomic E-state index is -4.48. The van der Waals surface area contributed by atoms with Crippen LogP contribution in [0.3, 0.4) is 0 Å². The maximum Gasteiger partial charge on any atom is 0.461 e. The highest BCUT2D eigenvalue weighted by molar-refractivity contribution is 5.85. The monoisotopic (exact) mass is 314 g/mol. The number of rotatable bonds is 4. The van der Waals surface area contributed by atoms with Gasteiger partial charge in [0.05, 0.1) is 0 Å². The molecule has 0 spiro atoms. The van der Waals surface area contributed by atoms with Gasteiger partial charge < -0.3 is 15.4 Å². The summed E-state index contributed by atoms with van der Waals surface area (Å²) < 4.78 is 53.8. The molecule has 0 saturated carbocycles. The molecule has 0 aromatic heterocycles. The fraction of sp³-hybridized carbons (Fsp3) is 0.500. The van der Waals surface area contributed by atoms with E-state index in [4.69, 9.17) is 0 Å². The predicted molar refractivity (Wildman–Crippen MR) is 68.9 cm³/mol. The summed E-state index contributed by atoms with van der Waals surface area (Å²) in [5, 5.41) is 6.34. The van der Waals surface area contributed by atoms with Crippen LogP contribution in [-0.2, 0) is 0 Å². The fourth-order valence-electron chi connectivity index (χ4n) is 1.89. The average molecular weight is 315 g/mol. The topological polar surface area (TPSA) is 33.3 Å². The summed E-state index contributed by atoms with van der Waals surface area (Å²) in [6.45, 7) is 2.23. The van der Waals surface area contributed by atoms with Gasteiger partial charge in [-0.1, -0.05) is 12.1 Å². The van der Waals surface area contributed by atoms with Crippen molar-refractivity contribution in [1.82, 2.24) is 10.6 Å². The lowest BCUT2D eigenvalue weighted by atomic mass is 10.1. The quantitative estimate of drug-likeness (QED) is 0.838. The number of hydrogen-bond acceptors (Lipinski definition) is 3. The zero-order valence-electron chi connectivity index (χ0n) is 10.4. The van der Waals surface area contributed by atoms with Crippen molar-refractivity contribution in [3.63, 3.8) is 0 Å². The Labute approximate surface area is 120 Å². The summed E-state index contributed by atoms with van der Waals surface area (Å²) in [4.78, 5) is 0. The van der Waals surface area contributed by atoms with Crippen LogP contribution in [-0.4, -0.2) is 32.2 Å². The molecule has 0 amide bonds. The first kappa shape index (κ1) is 17.0. The Bertz CT molecular complexity index is 428. The molecule has 8 heteroatoms. The van der Waals surface area contributed by atoms with Crippen LogP contribution in [0, 0.1) is 0 Å². The van der Waals surface area contributed by atoms with Crippen LogP contribution < -0.4 is 15.4 Å². The van der Waals surface area contributed by atoms with E-state index >= 15 is 0 Å². The average Bonchev–Trinajstić information content (AvgIpc) is 2.39. The molecule has 3 nitrogen and oxygen atoms in total. The normalized spacial score (nSPS) is 19.6. The maximum absolute atomic E-state index is 12.8. The van der Waals surface area contributed by atoms with E-state index < -0.39 is 12.5 Å². The highest BCUT2D eigenvalue weighted by Gasteiger charge is 2.44. The summed E-state index contributed by atoms with van der Waals surface area (Å²) in [5.41, 5.74) is 0.717. The van der Waals surface area contributed by atoms with Gasteiger partial charge in [-0.15, -0.1) is 12.4 Å². The molecule has 1 aromatic rings. The molecule has 2 N–H and O–H groups in total. The van der Waals surface area contributed by atoms with Crippen LogP contribution in [0.4, 0.5) is 17.6 Å². The van der Waals surface area contributed by atoms with E-state index in [1.165, 1.54) is 18.2 Å². The Morgan fingerprint density at radius 2 is 2.00 bits per heavy atom. The lowest BCUT2D eigenvalue weighted by molar-refractivity contribution is -0.253. The van der Waals surface area contributed by atoms with Crippen molar-refractivity contribution in [3.05, 3.63) is 29.8 Å². The van der Waals surface area contributed by atoms with E-state index in [1.54, 1.807) is 6.07 Å². The number of benzene rings is 1. The lowest BCUT2D eigenvalue weighted by Crippen LogP contribution is -2.42. The minimum absolute atomic E-state index is 0. The summed E-state index contributed by atoms with van der Waals surface area (Å²) >= 11 is 0. The second-order valence-electron chi connectivity index (χ2n) is 4.25. The number of piperazine rings is 1. The number of halogens is 5. The third kappa shape index (κ3) is 4.22. The first-order chi connectivity index (χ1) is 8.99. The molecular formula is C12H15ClF4N2O. The van der Waals surface area contributed by atoms with Crippen LogP contribution in [0.25, 0.3) is 0 Å².